The number of unbranched alkanes of at least 4 members (excludes halogenated alkanes) is 1. The highest BCUT2D eigenvalue weighted by Crippen LogP contribution is 2.24. The molecule has 0 spiro atoms. The molecule has 0 aliphatic rings. The number of nitrogens with zero attached hydrogens (tertiary/aromatic N) is 1. The minimum atomic E-state index is 0.327. The molecule has 0 bridgehead atoms. The van der Waals surface area contributed by atoms with Gasteiger partial charge >= 0.3 is 0 Å². The number of rotatable bonds is 6. The molecule has 2 nitrogen and oxygen atoms in total. The van der Waals surface area contributed by atoms with Crippen molar-refractivity contribution in [3.05, 3.63) is 33.8 Å². The van der Waals surface area contributed by atoms with E-state index in [4.69, 9.17) is 5.73 Å². The smallest absolute Gasteiger partial charge is 0.0467 e. The minimum absolute atomic E-state index is 0.327. The average Bonchev–Trinajstić information content (AvgIpc) is 2.32. The maximum Gasteiger partial charge on any atom is 0.0467 e. The van der Waals surface area contributed by atoms with Crippen LogP contribution in [-0.4, -0.2) is 25.0 Å². The lowest BCUT2D eigenvalue weighted by molar-refractivity contribution is 0.246. The first-order valence-corrected chi connectivity index (χ1v) is 7.05. The number of benzene rings is 1. The Morgan fingerprint density at radius 1 is 1.41 bits per heavy atom. The predicted molar refractivity (Wildman–Crippen MR) is 78.2 cm³/mol. The normalized spacial score (nSPS) is 13.1. The van der Waals surface area contributed by atoms with Crippen LogP contribution in [0.3, 0.4) is 0 Å². The molecular weight excluding hydrogens is 276 g/mol. The molecule has 2 N–H and O–H groups in total. The lowest BCUT2D eigenvalue weighted by atomic mass is 10.0. The molecule has 0 aliphatic heterocycles. The number of hydrogen-bond donors (Lipinski definition) is 1. The van der Waals surface area contributed by atoms with Gasteiger partial charge in [0.2, 0.25) is 0 Å². The Hall–Kier alpha value is -0.380. The fraction of sp³-hybridized carbons (Fsp3) is 0.571. The topological polar surface area (TPSA) is 29.3 Å². The summed E-state index contributed by atoms with van der Waals surface area (Å²) < 4.78 is 1.16. The number of aryl methyl sites for hydroxylation is 1. The van der Waals surface area contributed by atoms with Crippen molar-refractivity contribution >= 4 is 15.9 Å². The first-order valence-electron chi connectivity index (χ1n) is 6.26. The zero-order chi connectivity index (χ0) is 12.8. The Bertz CT molecular complexity index is 352. The second kappa shape index (κ2) is 7.14. The second-order valence-corrected chi connectivity index (χ2v) is 5.45. The van der Waals surface area contributed by atoms with Crippen molar-refractivity contribution in [2.75, 3.05) is 20.1 Å². The molecular formula is C14H23BrN2. The van der Waals surface area contributed by atoms with E-state index >= 15 is 0 Å². The second-order valence-electron chi connectivity index (χ2n) is 4.59. The molecule has 1 aromatic carbocycles. The Balaban J connectivity index is 2.81. The molecule has 3 heteroatoms. The SMILES string of the molecule is CCCCN(C)C(CN)c1ccc(Br)c(C)c1. The molecule has 0 aromatic heterocycles. The standard InChI is InChI=1S/C14H23BrN2/c1-4-5-8-17(3)14(10-16)12-6-7-13(15)11(2)9-12/h6-7,9,14H,4-5,8,10,16H2,1-3H3. The molecule has 0 radical (unpaired) electrons. The summed E-state index contributed by atoms with van der Waals surface area (Å²) in [5.74, 6) is 0. The highest BCUT2D eigenvalue weighted by Gasteiger charge is 2.15. The van der Waals surface area contributed by atoms with Gasteiger partial charge < -0.3 is 5.73 Å². The molecule has 0 saturated carbocycles. The van der Waals surface area contributed by atoms with Crippen LogP contribution in [-0.2, 0) is 0 Å². The van der Waals surface area contributed by atoms with Crippen LogP contribution in [0.15, 0.2) is 22.7 Å². The van der Waals surface area contributed by atoms with E-state index in [1.165, 1.54) is 24.0 Å². The van der Waals surface area contributed by atoms with Gasteiger partial charge in [0.15, 0.2) is 0 Å². The lowest BCUT2D eigenvalue weighted by Gasteiger charge is -2.27. The van der Waals surface area contributed by atoms with Crippen LogP contribution in [0.2, 0.25) is 0 Å². The van der Waals surface area contributed by atoms with Gasteiger partial charge in [0, 0.05) is 17.1 Å². The summed E-state index contributed by atoms with van der Waals surface area (Å²) >= 11 is 3.53. The highest BCUT2D eigenvalue weighted by atomic mass is 79.9. The predicted octanol–water partition coefficient (Wildman–Crippen LogP) is 3.49. The van der Waals surface area contributed by atoms with E-state index < -0.39 is 0 Å². The van der Waals surface area contributed by atoms with Gasteiger partial charge in [-0.1, -0.05) is 41.4 Å². The van der Waals surface area contributed by atoms with E-state index in [-0.39, 0.29) is 0 Å². The molecule has 1 rings (SSSR count). The van der Waals surface area contributed by atoms with Crippen LogP contribution < -0.4 is 5.73 Å². The summed E-state index contributed by atoms with van der Waals surface area (Å²) in [4.78, 5) is 2.35. The zero-order valence-electron chi connectivity index (χ0n) is 11.0. The summed E-state index contributed by atoms with van der Waals surface area (Å²) in [5, 5.41) is 0. The van der Waals surface area contributed by atoms with Gasteiger partial charge in [0.1, 0.15) is 0 Å². The molecule has 0 heterocycles. The molecule has 0 fully saturated rings. The van der Waals surface area contributed by atoms with Gasteiger partial charge in [0.05, 0.1) is 0 Å². The van der Waals surface area contributed by atoms with Crippen LogP contribution >= 0.6 is 15.9 Å². The van der Waals surface area contributed by atoms with Crippen LogP contribution in [0.5, 0.6) is 0 Å². The van der Waals surface area contributed by atoms with E-state index in [0.29, 0.717) is 12.6 Å². The van der Waals surface area contributed by atoms with Crippen LogP contribution in [0.1, 0.15) is 36.9 Å². The molecule has 0 saturated heterocycles. The average molecular weight is 299 g/mol. The Morgan fingerprint density at radius 2 is 2.12 bits per heavy atom. The van der Waals surface area contributed by atoms with E-state index in [9.17, 15) is 0 Å². The number of nitrogens with two attached hydrogens (primary N) is 1. The molecule has 1 aromatic rings. The summed E-state index contributed by atoms with van der Waals surface area (Å²) in [5.41, 5.74) is 8.49. The number of hydrogen-bond acceptors (Lipinski definition) is 2. The van der Waals surface area contributed by atoms with E-state index in [1.54, 1.807) is 0 Å². The first kappa shape index (κ1) is 14.7. The van der Waals surface area contributed by atoms with Crippen molar-refractivity contribution in [1.82, 2.24) is 4.90 Å². The van der Waals surface area contributed by atoms with Crippen molar-refractivity contribution < 1.29 is 0 Å². The van der Waals surface area contributed by atoms with Gasteiger partial charge in [-0.05, 0) is 44.1 Å². The maximum atomic E-state index is 5.91. The van der Waals surface area contributed by atoms with Crippen LogP contribution in [0.25, 0.3) is 0 Å². The molecule has 96 valence electrons. The van der Waals surface area contributed by atoms with Gasteiger partial charge in [-0.15, -0.1) is 0 Å². The van der Waals surface area contributed by atoms with Crippen molar-refractivity contribution in [1.29, 1.82) is 0 Å². The van der Waals surface area contributed by atoms with E-state index in [2.05, 4.69) is 59.9 Å². The fourth-order valence-corrected chi connectivity index (χ4v) is 2.26. The largest absolute Gasteiger partial charge is 0.329 e. The van der Waals surface area contributed by atoms with Crippen molar-refractivity contribution in [2.24, 2.45) is 5.73 Å². The third-order valence-corrected chi connectivity index (χ3v) is 4.08. The summed E-state index contributed by atoms with van der Waals surface area (Å²) in [7, 11) is 2.16. The van der Waals surface area contributed by atoms with Gasteiger partial charge in [-0.25, -0.2) is 0 Å². The van der Waals surface area contributed by atoms with Crippen molar-refractivity contribution in [3.63, 3.8) is 0 Å². The molecule has 0 aliphatic carbocycles. The van der Waals surface area contributed by atoms with E-state index in [0.717, 1.165) is 11.0 Å². The molecule has 17 heavy (non-hydrogen) atoms. The fourth-order valence-electron chi connectivity index (χ4n) is 2.01. The highest BCUT2D eigenvalue weighted by molar-refractivity contribution is 9.10. The quantitative estimate of drug-likeness (QED) is 0.871. The number of halogens is 1. The molecule has 1 atom stereocenters. The lowest BCUT2D eigenvalue weighted by Crippen LogP contribution is -2.31. The van der Waals surface area contributed by atoms with Crippen molar-refractivity contribution in [3.8, 4) is 0 Å². The molecule has 1 unspecified atom stereocenters. The Kier molecular flexibility index (Phi) is 6.17. The summed E-state index contributed by atoms with van der Waals surface area (Å²) in [6.07, 6.45) is 2.45. The van der Waals surface area contributed by atoms with Crippen LogP contribution in [0, 0.1) is 6.92 Å². The van der Waals surface area contributed by atoms with Gasteiger partial charge in [-0.2, -0.15) is 0 Å². The van der Waals surface area contributed by atoms with Gasteiger partial charge in [0.25, 0.3) is 0 Å². The van der Waals surface area contributed by atoms with Gasteiger partial charge in [-0.3, -0.25) is 4.90 Å². The van der Waals surface area contributed by atoms with Crippen molar-refractivity contribution in [2.45, 2.75) is 32.7 Å². The maximum absolute atomic E-state index is 5.91. The number of likely N-dealkylation sites (N-methyl/N-ethyl adjacent to an activating group) is 1. The Labute approximate surface area is 113 Å². The third-order valence-electron chi connectivity index (χ3n) is 3.19. The van der Waals surface area contributed by atoms with E-state index in [1.807, 2.05) is 0 Å². The van der Waals surface area contributed by atoms with Crippen LogP contribution in [0.4, 0.5) is 0 Å². The summed E-state index contributed by atoms with van der Waals surface area (Å²) in [6, 6.07) is 6.83. The summed E-state index contributed by atoms with van der Waals surface area (Å²) in [6.45, 7) is 6.11. The Morgan fingerprint density at radius 3 is 2.65 bits per heavy atom. The molecule has 0 amide bonds. The monoisotopic (exact) mass is 298 g/mol. The third kappa shape index (κ3) is 4.09. The minimum Gasteiger partial charge on any atom is -0.329 e. The zero-order valence-corrected chi connectivity index (χ0v) is 12.6. The first-order chi connectivity index (χ1) is 8.10.